The molecule has 2 aromatic heterocycles. The van der Waals surface area contributed by atoms with E-state index in [2.05, 4.69) is 30.5 Å². The van der Waals surface area contributed by atoms with Gasteiger partial charge in [-0.3, -0.25) is 5.10 Å². The number of nitrogens with zero attached hydrogens (tertiary/aromatic N) is 4. The number of nitrogens with one attached hydrogen (secondary N) is 2. The van der Waals surface area contributed by atoms with Crippen molar-refractivity contribution in [3.63, 3.8) is 0 Å². The van der Waals surface area contributed by atoms with Crippen LogP contribution in [0.5, 0.6) is 0 Å². The fourth-order valence-electron chi connectivity index (χ4n) is 1.92. The summed E-state index contributed by atoms with van der Waals surface area (Å²) in [6, 6.07) is 9.45. The molecule has 3 aromatic rings. The summed E-state index contributed by atoms with van der Waals surface area (Å²) in [5.41, 5.74) is 1.85. The summed E-state index contributed by atoms with van der Waals surface area (Å²) < 4.78 is 0. The van der Waals surface area contributed by atoms with E-state index in [0.717, 1.165) is 17.1 Å². The molecule has 0 spiro atoms. The van der Waals surface area contributed by atoms with E-state index >= 15 is 0 Å². The Morgan fingerprint density at radius 2 is 1.81 bits per heavy atom. The van der Waals surface area contributed by atoms with Gasteiger partial charge >= 0.3 is 0 Å². The number of aromatic nitrogens is 5. The zero-order valence-corrected chi connectivity index (χ0v) is 12.3. The summed E-state index contributed by atoms with van der Waals surface area (Å²) in [5.74, 6) is 2.75. The Kier molecular flexibility index (Phi) is 3.53. The lowest BCUT2D eigenvalue weighted by Crippen LogP contribution is -1.97. The first-order chi connectivity index (χ1) is 10.1. The standard InChI is InChI=1S/C14H13ClN6/c1-8-16-12(15)7-13(17-8)19-11-5-3-10(4-6-11)14-18-9(2)20-21-14/h3-7H,1-2H3,(H,16,17,19)(H,18,20,21). The molecule has 1 aromatic carbocycles. The molecule has 0 radical (unpaired) electrons. The maximum Gasteiger partial charge on any atom is 0.181 e. The highest BCUT2D eigenvalue weighted by molar-refractivity contribution is 6.29. The third-order valence-electron chi connectivity index (χ3n) is 2.82. The van der Waals surface area contributed by atoms with Crippen LogP contribution in [-0.4, -0.2) is 25.1 Å². The molecule has 2 N–H and O–H groups in total. The topological polar surface area (TPSA) is 79.4 Å². The quantitative estimate of drug-likeness (QED) is 0.726. The van der Waals surface area contributed by atoms with Gasteiger partial charge in [0.25, 0.3) is 0 Å². The summed E-state index contributed by atoms with van der Waals surface area (Å²) in [6.07, 6.45) is 0. The second-order valence-electron chi connectivity index (χ2n) is 4.57. The van der Waals surface area contributed by atoms with Crippen molar-refractivity contribution in [1.29, 1.82) is 0 Å². The minimum Gasteiger partial charge on any atom is -0.340 e. The van der Waals surface area contributed by atoms with Gasteiger partial charge in [-0.15, -0.1) is 0 Å². The molecule has 0 fully saturated rings. The molecule has 0 saturated carbocycles. The lowest BCUT2D eigenvalue weighted by atomic mass is 10.2. The smallest absolute Gasteiger partial charge is 0.181 e. The predicted octanol–water partition coefficient (Wildman–Crippen LogP) is 3.28. The lowest BCUT2D eigenvalue weighted by Gasteiger charge is -2.07. The first-order valence-electron chi connectivity index (χ1n) is 6.38. The van der Waals surface area contributed by atoms with E-state index < -0.39 is 0 Å². The molecule has 2 heterocycles. The number of hydrogen-bond donors (Lipinski definition) is 2. The summed E-state index contributed by atoms with van der Waals surface area (Å²) in [7, 11) is 0. The van der Waals surface area contributed by atoms with Crippen molar-refractivity contribution in [3.05, 3.63) is 47.1 Å². The van der Waals surface area contributed by atoms with Crippen molar-refractivity contribution in [2.24, 2.45) is 0 Å². The SMILES string of the molecule is Cc1nc(Cl)cc(Nc2ccc(-c3n[nH]c(C)n3)cc2)n1. The molecule has 7 heteroatoms. The zero-order valence-electron chi connectivity index (χ0n) is 11.6. The molecule has 0 amide bonds. The van der Waals surface area contributed by atoms with Gasteiger partial charge in [0.1, 0.15) is 22.6 Å². The van der Waals surface area contributed by atoms with E-state index in [1.807, 2.05) is 31.2 Å². The van der Waals surface area contributed by atoms with Crippen molar-refractivity contribution in [2.75, 3.05) is 5.32 Å². The zero-order chi connectivity index (χ0) is 14.8. The van der Waals surface area contributed by atoms with Gasteiger partial charge in [-0.05, 0) is 38.1 Å². The summed E-state index contributed by atoms with van der Waals surface area (Å²) >= 11 is 5.91. The average Bonchev–Trinajstić information content (AvgIpc) is 2.85. The van der Waals surface area contributed by atoms with Gasteiger partial charge in [-0.25, -0.2) is 15.0 Å². The van der Waals surface area contributed by atoms with Crippen LogP contribution in [0.1, 0.15) is 11.6 Å². The van der Waals surface area contributed by atoms with Crippen LogP contribution in [0.15, 0.2) is 30.3 Å². The number of H-pyrrole nitrogens is 1. The third-order valence-corrected chi connectivity index (χ3v) is 3.01. The first-order valence-corrected chi connectivity index (χ1v) is 6.75. The molecular weight excluding hydrogens is 288 g/mol. The van der Waals surface area contributed by atoms with Crippen molar-refractivity contribution >= 4 is 23.1 Å². The largest absolute Gasteiger partial charge is 0.340 e. The molecule has 0 atom stereocenters. The van der Waals surface area contributed by atoms with Gasteiger partial charge in [0.2, 0.25) is 0 Å². The predicted molar refractivity (Wildman–Crippen MR) is 81.6 cm³/mol. The van der Waals surface area contributed by atoms with E-state index in [9.17, 15) is 0 Å². The molecule has 0 aliphatic heterocycles. The molecule has 3 rings (SSSR count). The number of aryl methyl sites for hydroxylation is 2. The normalized spacial score (nSPS) is 10.6. The van der Waals surface area contributed by atoms with Crippen LogP contribution in [0.25, 0.3) is 11.4 Å². The van der Waals surface area contributed by atoms with Crippen molar-refractivity contribution in [3.8, 4) is 11.4 Å². The lowest BCUT2D eigenvalue weighted by molar-refractivity contribution is 1.04. The monoisotopic (exact) mass is 300 g/mol. The first kappa shape index (κ1) is 13.5. The van der Waals surface area contributed by atoms with Crippen molar-refractivity contribution in [1.82, 2.24) is 25.1 Å². The van der Waals surface area contributed by atoms with Crippen LogP contribution in [0, 0.1) is 13.8 Å². The van der Waals surface area contributed by atoms with Gasteiger partial charge in [0.15, 0.2) is 5.82 Å². The maximum absolute atomic E-state index is 5.91. The van der Waals surface area contributed by atoms with E-state index in [4.69, 9.17) is 11.6 Å². The second kappa shape index (κ2) is 5.49. The minimum atomic E-state index is 0.415. The maximum atomic E-state index is 5.91. The summed E-state index contributed by atoms with van der Waals surface area (Å²) in [4.78, 5) is 12.6. The Labute approximate surface area is 126 Å². The van der Waals surface area contributed by atoms with Crippen LogP contribution >= 0.6 is 11.6 Å². The van der Waals surface area contributed by atoms with E-state index in [1.54, 1.807) is 13.0 Å². The fraction of sp³-hybridized carbons (Fsp3) is 0.143. The molecule has 6 nitrogen and oxygen atoms in total. The fourth-order valence-corrected chi connectivity index (χ4v) is 2.14. The van der Waals surface area contributed by atoms with Gasteiger partial charge in [-0.2, -0.15) is 5.10 Å². The molecule has 0 unspecified atom stereocenters. The number of halogens is 1. The molecule has 106 valence electrons. The Morgan fingerprint density at radius 3 is 2.43 bits per heavy atom. The highest BCUT2D eigenvalue weighted by Crippen LogP contribution is 2.21. The van der Waals surface area contributed by atoms with Crippen LogP contribution < -0.4 is 5.32 Å². The number of rotatable bonds is 3. The van der Waals surface area contributed by atoms with E-state index in [-0.39, 0.29) is 0 Å². The van der Waals surface area contributed by atoms with Gasteiger partial charge < -0.3 is 5.32 Å². The van der Waals surface area contributed by atoms with Crippen LogP contribution in [0.4, 0.5) is 11.5 Å². The average molecular weight is 301 g/mol. The Bertz CT molecular complexity index is 745. The van der Waals surface area contributed by atoms with Gasteiger partial charge in [0, 0.05) is 17.3 Å². The van der Waals surface area contributed by atoms with Gasteiger partial charge in [-0.1, -0.05) is 11.6 Å². The summed E-state index contributed by atoms with van der Waals surface area (Å²) in [6.45, 7) is 3.67. The summed E-state index contributed by atoms with van der Waals surface area (Å²) in [5, 5.41) is 10.6. The van der Waals surface area contributed by atoms with E-state index in [0.29, 0.717) is 22.6 Å². The minimum absolute atomic E-state index is 0.415. The Balaban J connectivity index is 1.81. The number of aromatic amines is 1. The molecule has 0 saturated heterocycles. The van der Waals surface area contributed by atoms with Gasteiger partial charge in [0.05, 0.1) is 0 Å². The van der Waals surface area contributed by atoms with Crippen LogP contribution in [0.3, 0.4) is 0 Å². The second-order valence-corrected chi connectivity index (χ2v) is 4.96. The number of benzene rings is 1. The molecule has 21 heavy (non-hydrogen) atoms. The Hall–Kier alpha value is -2.47. The molecule has 0 bridgehead atoms. The highest BCUT2D eigenvalue weighted by atomic mass is 35.5. The molecule has 0 aliphatic rings. The van der Waals surface area contributed by atoms with E-state index in [1.165, 1.54) is 0 Å². The van der Waals surface area contributed by atoms with Crippen LogP contribution in [-0.2, 0) is 0 Å². The molecular formula is C14H13ClN6. The Morgan fingerprint density at radius 1 is 1.05 bits per heavy atom. The van der Waals surface area contributed by atoms with Crippen molar-refractivity contribution < 1.29 is 0 Å². The number of anilines is 2. The third kappa shape index (κ3) is 3.17. The molecule has 0 aliphatic carbocycles. The van der Waals surface area contributed by atoms with Crippen molar-refractivity contribution in [2.45, 2.75) is 13.8 Å². The van der Waals surface area contributed by atoms with Crippen LogP contribution in [0.2, 0.25) is 5.15 Å². The number of hydrogen-bond acceptors (Lipinski definition) is 5. The highest BCUT2D eigenvalue weighted by Gasteiger charge is 2.04.